The van der Waals surface area contributed by atoms with Crippen LogP contribution in [0.1, 0.15) is 40.4 Å². The molecule has 0 saturated heterocycles. The number of nitrogens with zero attached hydrogens (tertiary/aromatic N) is 3. The number of carbonyl (C=O) groups is 1. The van der Waals surface area contributed by atoms with Crippen LogP contribution in [-0.4, -0.2) is 15.9 Å². The predicted molar refractivity (Wildman–Crippen MR) is 71.6 cm³/mol. The zero-order valence-electron chi connectivity index (χ0n) is 10.3. The smallest absolute Gasteiger partial charge is 0.270 e. The molecule has 2 aromatic rings. The Bertz CT molecular complexity index is 586. The third-order valence-electron chi connectivity index (χ3n) is 2.59. The molecule has 1 unspecified atom stereocenters. The number of nitriles is 1. The summed E-state index contributed by atoms with van der Waals surface area (Å²) in [6.07, 6.45) is 3.86. The number of carbonyl (C=O) groups excluding carboxylic acids is 1. The number of rotatable bonds is 4. The van der Waals surface area contributed by atoms with E-state index in [2.05, 4.69) is 15.3 Å². The Labute approximate surface area is 114 Å². The molecule has 0 aromatic carbocycles. The zero-order chi connectivity index (χ0) is 13.7. The zero-order valence-corrected chi connectivity index (χ0v) is 11.1. The third kappa shape index (κ3) is 3.14. The summed E-state index contributed by atoms with van der Waals surface area (Å²) in [7, 11) is 0. The summed E-state index contributed by atoms with van der Waals surface area (Å²) in [6, 6.07) is 4.98. The van der Waals surface area contributed by atoms with Gasteiger partial charge in [-0.15, -0.1) is 11.3 Å². The van der Waals surface area contributed by atoms with Gasteiger partial charge in [-0.05, 0) is 18.6 Å². The van der Waals surface area contributed by atoms with Gasteiger partial charge in [-0.1, -0.05) is 6.92 Å². The van der Waals surface area contributed by atoms with Crippen LogP contribution >= 0.6 is 11.3 Å². The fourth-order valence-electron chi connectivity index (χ4n) is 1.57. The molecule has 1 N–H and O–H groups in total. The van der Waals surface area contributed by atoms with Gasteiger partial charge in [0, 0.05) is 17.8 Å². The Kier molecular flexibility index (Phi) is 4.21. The maximum absolute atomic E-state index is 12.0. The van der Waals surface area contributed by atoms with Gasteiger partial charge in [-0.2, -0.15) is 5.26 Å². The van der Waals surface area contributed by atoms with Gasteiger partial charge in [0.1, 0.15) is 16.8 Å². The van der Waals surface area contributed by atoms with Crippen LogP contribution in [0.15, 0.2) is 29.9 Å². The van der Waals surface area contributed by atoms with Gasteiger partial charge in [0.25, 0.3) is 5.91 Å². The lowest BCUT2D eigenvalue weighted by Gasteiger charge is -2.13. The molecule has 96 valence electrons. The average molecular weight is 272 g/mol. The van der Waals surface area contributed by atoms with Crippen molar-refractivity contribution in [3.63, 3.8) is 0 Å². The van der Waals surface area contributed by atoms with Crippen molar-refractivity contribution in [1.29, 1.82) is 5.26 Å². The first-order chi connectivity index (χ1) is 9.24. The lowest BCUT2D eigenvalue weighted by atomic mass is 10.2. The maximum atomic E-state index is 12.0. The number of hydrogen-bond donors (Lipinski definition) is 1. The second-order valence-corrected chi connectivity index (χ2v) is 4.77. The maximum Gasteiger partial charge on any atom is 0.270 e. The summed E-state index contributed by atoms with van der Waals surface area (Å²) in [5.74, 6) is -0.258. The molecular formula is C13H12N4OS. The van der Waals surface area contributed by atoms with E-state index in [1.54, 1.807) is 18.3 Å². The highest BCUT2D eigenvalue weighted by atomic mass is 32.1. The summed E-state index contributed by atoms with van der Waals surface area (Å²) in [5, 5.41) is 14.3. The van der Waals surface area contributed by atoms with Crippen LogP contribution in [0.5, 0.6) is 0 Å². The second kappa shape index (κ2) is 6.07. The van der Waals surface area contributed by atoms with Crippen LogP contribution in [0.4, 0.5) is 0 Å². The fourth-order valence-corrected chi connectivity index (χ4v) is 2.34. The lowest BCUT2D eigenvalue weighted by Crippen LogP contribution is -2.28. The summed E-state index contributed by atoms with van der Waals surface area (Å²) < 4.78 is 0. The Morgan fingerprint density at radius 2 is 2.37 bits per heavy atom. The van der Waals surface area contributed by atoms with E-state index in [9.17, 15) is 4.79 Å². The van der Waals surface area contributed by atoms with Gasteiger partial charge in [-0.3, -0.25) is 4.79 Å². The molecule has 0 spiro atoms. The van der Waals surface area contributed by atoms with E-state index in [4.69, 9.17) is 5.26 Å². The van der Waals surface area contributed by atoms with Crippen molar-refractivity contribution >= 4 is 17.2 Å². The molecule has 0 aliphatic heterocycles. The molecular weight excluding hydrogens is 260 g/mol. The van der Waals surface area contributed by atoms with Crippen LogP contribution < -0.4 is 5.32 Å². The topological polar surface area (TPSA) is 78.7 Å². The second-order valence-electron chi connectivity index (χ2n) is 3.85. The van der Waals surface area contributed by atoms with Crippen molar-refractivity contribution in [2.75, 3.05) is 0 Å². The minimum absolute atomic E-state index is 0.107. The highest BCUT2D eigenvalue weighted by Crippen LogP contribution is 2.19. The molecule has 2 rings (SSSR count). The Morgan fingerprint density at radius 1 is 1.53 bits per heavy atom. The standard InChI is InChI=1S/C13H12N4OS/c1-2-10(13-15-5-6-19-13)17-12(18)11-4-3-9(7-14)8-16-11/h3-6,8,10H,2H2,1H3,(H,17,18). The molecule has 19 heavy (non-hydrogen) atoms. The van der Waals surface area contributed by atoms with Crippen molar-refractivity contribution in [3.8, 4) is 6.07 Å². The Morgan fingerprint density at radius 3 is 2.89 bits per heavy atom. The van der Waals surface area contributed by atoms with Gasteiger partial charge < -0.3 is 5.32 Å². The number of thiazole rings is 1. The van der Waals surface area contributed by atoms with E-state index in [0.717, 1.165) is 11.4 Å². The number of pyridine rings is 1. The van der Waals surface area contributed by atoms with Crippen molar-refractivity contribution in [2.45, 2.75) is 19.4 Å². The highest BCUT2D eigenvalue weighted by Gasteiger charge is 2.16. The van der Waals surface area contributed by atoms with E-state index in [0.29, 0.717) is 11.3 Å². The van der Waals surface area contributed by atoms with Gasteiger partial charge in [-0.25, -0.2) is 9.97 Å². The van der Waals surface area contributed by atoms with E-state index in [1.165, 1.54) is 17.5 Å². The lowest BCUT2D eigenvalue weighted by molar-refractivity contribution is 0.0930. The molecule has 0 saturated carbocycles. The van der Waals surface area contributed by atoms with E-state index in [-0.39, 0.29) is 11.9 Å². The molecule has 1 atom stereocenters. The largest absolute Gasteiger partial charge is 0.341 e. The fraction of sp³-hybridized carbons (Fsp3) is 0.231. The first-order valence-electron chi connectivity index (χ1n) is 5.81. The van der Waals surface area contributed by atoms with Gasteiger partial charge in [0.2, 0.25) is 0 Å². The molecule has 1 amide bonds. The van der Waals surface area contributed by atoms with Crippen LogP contribution in [0, 0.1) is 11.3 Å². The van der Waals surface area contributed by atoms with Crippen LogP contribution in [0.3, 0.4) is 0 Å². The van der Waals surface area contributed by atoms with Crippen LogP contribution in [0.25, 0.3) is 0 Å². The first-order valence-corrected chi connectivity index (χ1v) is 6.69. The van der Waals surface area contributed by atoms with Crippen molar-refractivity contribution in [2.24, 2.45) is 0 Å². The third-order valence-corrected chi connectivity index (χ3v) is 3.48. The molecule has 0 aliphatic rings. The predicted octanol–water partition coefficient (Wildman–Crippen LogP) is 2.29. The van der Waals surface area contributed by atoms with Crippen LogP contribution in [0.2, 0.25) is 0 Å². The van der Waals surface area contributed by atoms with Gasteiger partial charge in [0.15, 0.2) is 0 Å². The molecule has 2 aromatic heterocycles. The van der Waals surface area contributed by atoms with E-state index in [1.807, 2.05) is 18.4 Å². The number of hydrogen-bond acceptors (Lipinski definition) is 5. The molecule has 0 bridgehead atoms. The summed E-state index contributed by atoms with van der Waals surface area (Å²) in [6.45, 7) is 1.98. The van der Waals surface area contributed by atoms with Crippen LogP contribution in [-0.2, 0) is 0 Å². The molecule has 0 aliphatic carbocycles. The summed E-state index contributed by atoms with van der Waals surface area (Å²) in [4.78, 5) is 20.2. The van der Waals surface area contributed by atoms with Gasteiger partial charge in [0.05, 0.1) is 11.6 Å². The minimum Gasteiger partial charge on any atom is -0.341 e. The highest BCUT2D eigenvalue weighted by molar-refractivity contribution is 7.09. The Balaban J connectivity index is 2.09. The van der Waals surface area contributed by atoms with Crippen molar-refractivity contribution in [1.82, 2.24) is 15.3 Å². The number of aromatic nitrogens is 2. The monoisotopic (exact) mass is 272 g/mol. The first kappa shape index (κ1) is 13.2. The van der Waals surface area contributed by atoms with Crippen molar-refractivity contribution < 1.29 is 4.79 Å². The average Bonchev–Trinajstić information content (AvgIpc) is 2.98. The minimum atomic E-state index is -0.258. The molecule has 0 fully saturated rings. The normalized spacial score (nSPS) is 11.6. The Hall–Kier alpha value is -2.26. The molecule has 2 heterocycles. The SMILES string of the molecule is CCC(NC(=O)c1ccc(C#N)cn1)c1nccs1. The summed E-state index contributed by atoms with van der Waals surface area (Å²) >= 11 is 1.51. The summed E-state index contributed by atoms with van der Waals surface area (Å²) in [5.41, 5.74) is 0.734. The number of nitrogens with one attached hydrogen (secondary N) is 1. The quantitative estimate of drug-likeness (QED) is 0.926. The molecule has 5 nitrogen and oxygen atoms in total. The van der Waals surface area contributed by atoms with E-state index >= 15 is 0 Å². The van der Waals surface area contributed by atoms with Gasteiger partial charge >= 0.3 is 0 Å². The number of amides is 1. The molecule has 0 radical (unpaired) electrons. The van der Waals surface area contributed by atoms with Crippen molar-refractivity contribution in [3.05, 3.63) is 46.2 Å². The van der Waals surface area contributed by atoms with E-state index < -0.39 is 0 Å². The molecule has 6 heteroatoms.